The van der Waals surface area contributed by atoms with E-state index in [0.29, 0.717) is 11.6 Å². The number of aliphatic hydroxyl groups is 1. The smallest absolute Gasteiger partial charge is 0.103 e. The number of fused-ring (bicyclic) bond motifs is 1. The maximum Gasteiger partial charge on any atom is 0.103 e. The molecule has 34 heavy (non-hydrogen) atoms. The number of hydrogen-bond donors (Lipinski definition) is 1. The third-order valence-corrected chi connectivity index (χ3v) is 7.50. The minimum absolute atomic E-state index is 0.191. The molecule has 1 aromatic carbocycles. The number of aliphatic hydroxyl groups excluding tert-OH is 1. The quantitative estimate of drug-likeness (QED) is 0.412. The highest BCUT2D eigenvalue weighted by Crippen LogP contribution is 2.38. The lowest BCUT2D eigenvalue weighted by atomic mass is 9.93. The van der Waals surface area contributed by atoms with Gasteiger partial charge in [0.25, 0.3) is 0 Å². The second kappa shape index (κ2) is 9.45. The molecule has 0 unspecified atom stereocenters. The van der Waals surface area contributed by atoms with Crippen LogP contribution >= 0.6 is 11.8 Å². The molecular weight excluding hydrogens is 444 g/mol. The predicted molar refractivity (Wildman–Crippen MR) is 133 cm³/mol. The lowest BCUT2D eigenvalue weighted by molar-refractivity contribution is 0.108. The molecule has 0 amide bonds. The normalized spacial score (nSPS) is 18.5. The Kier molecular flexibility index (Phi) is 6.22. The van der Waals surface area contributed by atoms with Crippen LogP contribution in [0.2, 0.25) is 0 Å². The number of pyridine rings is 1. The van der Waals surface area contributed by atoms with E-state index in [2.05, 4.69) is 39.2 Å². The van der Waals surface area contributed by atoms with Gasteiger partial charge >= 0.3 is 0 Å². The Labute approximate surface area is 202 Å². The summed E-state index contributed by atoms with van der Waals surface area (Å²) >= 11 is 1.61. The van der Waals surface area contributed by atoms with Crippen molar-refractivity contribution in [3.8, 4) is 17.2 Å². The zero-order valence-electron chi connectivity index (χ0n) is 19.2. The Morgan fingerprint density at radius 1 is 1.18 bits per heavy atom. The first-order valence-electron chi connectivity index (χ1n) is 11.4. The van der Waals surface area contributed by atoms with Gasteiger partial charge in [-0.25, -0.2) is 4.52 Å². The molecule has 0 spiro atoms. The fraction of sp³-hybridized carbons (Fsp3) is 0.308. The van der Waals surface area contributed by atoms with Crippen LogP contribution in [-0.4, -0.2) is 43.9 Å². The second-order valence-electron chi connectivity index (χ2n) is 8.65. The summed E-state index contributed by atoms with van der Waals surface area (Å²) in [6.07, 6.45) is 10.9. The highest BCUT2D eigenvalue weighted by atomic mass is 32.2. The van der Waals surface area contributed by atoms with E-state index in [1.54, 1.807) is 29.5 Å². The standard InChI is InChI=1S/C26H26N6OS/c1-17-23(16-31(30-17)21-7-9-22(33)10-8-21)19-11-25(26-20(12-27)14-29-32(26)15-19)34-24-6-4-3-5-18(24)13-28-2/h3-6,11,13-16,21-22,33H,7-10H2,1-2H3. The van der Waals surface area contributed by atoms with Gasteiger partial charge in [-0.1, -0.05) is 30.0 Å². The Hall–Kier alpha value is -3.41. The van der Waals surface area contributed by atoms with Crippen LogP contribution in [0.3, 0.4) is 0 Å². The molecule has 3 aromatic heterocycles. The highest BCUT2D eigenvalue weighted by Gasteiger charge is 2.23. The van der Waals surface area contributed by atoms with Crippen molar-refractivity contribution in [2.75, 3.05) is 7.05 Å². The van der Waals surface area contributed by atoms with Crippen LogP contribution in [0.1, 0.15) is 48.5 Å². The average Bonchev–Trinajstić information content (AvgIpc) is 3.44. The van der Waals surface area contributed by atoms with E-state index in [1.807, 2.05) is 37.5 Å². The van der Waals surface area contributed by atoms with Crippen LogP contribution in [-0.2, 0) is 0 Å². The molecule has 1 N–H and O–H groups in total. The van der Waals surface area contributed by atoms with Gasteiger partial charge in [-0.15, -0.1) is 0 Å². The lowest BCUT2D eigenvalue weighted by Gasteiger charge is -2.25. The van der Waals surface area contributed by atoms with Crippen molar-refractivity contribution in [1.29, 1.82) is 5.26 Å². The maximum absolute atomic E-state index is 9.87. The van der Waals surface area contributed by atoms with E-state index in [4.69, 9.17) is 5.10 Å². The van der Waals surface area contributed by atoms with Gasteiger partial charge in [0.2, 0.25) is 0 Å². The van der Waals surface area contributed by atoms with E-state index >= 15 is 0 Å². The molecule has 0 bridgehead atoms. The Morgan fingerprint density at radius 3 is 2.74 bits per heavy atom. The first-order valence-corrected chi connectivity index (χ1v) is 12.2. The minimum Gasteiger partial charge on any atom is -0.393 e. The number of aryl methyl sites for hydroxylation is 1. The van der Waals surface area contributed by atoms with Crippen molar-refractivity contribution in [3.63, 3.8) is 0 Å². The fourth-order valence-electron chi connectivity index (χ4n) is 4.60. The summed E-state index contributed by atoms with van der Waals surface area (Å²) in [4.78, 5) is 6.20. The lowest BCUT2D eigenvalue weighted by Crippen LogP contribution is -2.21. The van der Waals surface area contributed by atoms with Crippen LogP contribution in [0.15, 0.2) is 63.7 Å². The van der Waals surface area contributed by atoms with Crippen molar-refractivity contribution in [1.82, 2.24) is 19.4 Å². The molecule has 0 saturated heterocycles. The van der Waals surface area contributed by atoms with E-state index < -0.39 is 0 Å². The number of benzene rings is 1. The summed E-state index contributed by atoms with van der Waals surface area (Å²) in [5, 5.41) is 28.8. The van der Waals surface area contributed by atoms with E-state index in [9.17, 15) is 10.4 Å². The van der Waals surface area contributed by atoms with Crippen LogP contribution in [0.4, 0.5) is 0 Å². The molecule has 1 fully saturated rings. The molecule has 1 aliphatic rings. The first kappa shape index (κ1) is 22.4. The van der Waals surface area contributed by atoms with Gasteiger partial charge < -0.3 is 5.11 Å². The number of rotatable bonds is 5. The molecule has 1 saturated carbocycles. The molecule has 7 nitrogen and oxygen atoms in total. The molecule has 0 radical (unpaired) electrons. The average molecular weight is 471 g/mol. The number of hydrogen-bond acceptors (Lipinski definition) is 6. The van der Waals surface area contributed by atoms with Gasteiger partial charge in [-0.3, -0.25) is 9.67 Å². The van der Waals surface area contributed by atoms with E-state index in [0.717, 1.165) is 63.4 Å². The number of nitriles is 1. The third kappa shape index (κ3) is 4.25. The largest absolute Gasteiger partial charge is 0.393 e. The zero-order chi connectivity index (χ0) is 23.7. The summed E-state index contributed by atoms with van der Waals surface area (Å²) in [5.74, 6) is 0. The summed E-state index contributed by atoms with van der Waals surface area (Å²) in [5.41, 5.74) is 5.37. The first-order chi connectivity index (χ1) is 16.6. The van der Waals surface area contributed by atoms with Gasteiger partial charge in [-0.05, 0) is 44.7 Å². The van der Waals surface area contributed by atoms with Crippen molar-refractivity contribution in [2.45, 2.75) is 54.5 Å². The van der Waals surface area contributed by atoms with E-state index in [1.165, 1.54) is 0 Å². The Morgan fingerprint density at radius 2 is 1.97 bits per heavy atom. The Bertz CT molecular complexity index is 1400. The topological polar surface area (TPSA) is 91.5 Å². The summed E-state index contributed by atoms with van der Waals surface area (Å²) in [7, 11) is 1.76. The fourth-order valence-corrected chi connectivity index (χ4v) is 5.71. The second-order valence-corrected chi connectivity index (χ2v) is 9.74. The molecular formula is C26H26N6OS. The number of aromatic nitrogens is 4. The summed E-state index contributed by atoms with van der Waals surface area (Å²) in [6, 6.07) is 12.8. The molecule has 4 aromatic rings. The predicted octanol–water partition coefficient (Wildman–Crippen LogP) is 5.05. The van der Waals surface area contributed by atoms with Gasteiger partial charge in [0.1, 0.15) is 6.07 Å². The molecule has 3 heterocycles. The van der Waals surface area contributed by atoms with Gasteiger partial charge in [0.15, 0.2) is 0 Å². The molecule has 0 atom stereocenters. The number of nitrogens with zero attached hydrogens (tertiary/aromatic N) is 6. The van der Waals surface area contributed by atoms with Crippen molar-refractivity contribution in [2.24, 2.45) is 4.99 Å². The summed E-state index contributed by atoms with van der Waals surface area (Å²) in [6.45, 7) is 2.03. The third-order valence-electron chi connectivity index (χ3n) is 6.37. The van der Waals surface area contributed by atoms with Crippen molar-refractivity contribution in [3.05, 3.63) is 65.7 Å². The van der Waals surface area contributed by atoms with Crippen LogP contribution < -0.4 is 0 Å². The Balaban J connectivity index is 1.59. The highest BCUT2D eigenvalue weighted by molar-refractivity contribution is 7.99. The maximum atomic E-state index is 9.87. The zero-order valence-corrected chi connectivity index (χ0v) is 20.0. The molecule has 5 rings (SSSR count). The van der Waals surface area contributed by atoms with Crippen molar-refractivity contribution < 1.29 is 5.11 Å². The van der Waals surface area contributed by atoms with Crippen LogP contribution in [0.5, 0.6) is 0 Å². The molecule has 172 valence electrons. The van der Waals surface area contributed by atoms with Crippen LogP contribution in [0, 0.1) is 18.3 Å². The SMILES string of the molecule is CN=Cc1ccccc1Sc1cc(-c2cn(C3CCC(O)CC3)nc2C)cn2ncc(C#N)c12. The number of aliphatic imine (C=N–C) groups is 1. The minimum atomic E-state index is -0.191. The molecule has 8 heteroatoms. The molecule has 1 aliphatic carbocycles. The monoisotopic (exact) mass is 470 g/mol. The molecule has 0 aliphatic heterocycles. The summed E-state index contributed by atoms with van der Waals surface area (Å²) < 4.78 is 3.85. The van der Waals surface area contributed by atoms with E-state index in [-0.39, 0.29) is 6.10 Å². The van der Waals surface area contributed by atoms with Gasteiger partial charge in [0.05, 0.1) is 35.1 Å². The van der Waals surface area contributed by atoms with Crippen molar-refractivity contribution >= 4 is 23.5 Å². The van der Waals surface area contributed by atoms with Gasteiger partial charge in [-0.2, -0.15) is 15.5 Å². The van der Waals surface area contributed by atoms with Crippen LogP contribution in [0.25, 0.3) is 16.6 Å². The van der Waals surface area contributed by atoms with Gasteiger partial charge in [0, 0.05) is 52.1 Å².